The molecule has 12 rings (SSSR count). The number of amides is 2. The molecule has 18 heteroatoms. The number of carboxylic acids is 2. The lowest BCUT2D eigenvalue weighted by Crippen LogP contribution is -2.55. The number of carbonyl (C=O) groups is 4. The van der Waals surface area contributed by atoms with Crippen molar-refractivity contribution in [3.8, 4) is 0 Å². The van der Waals surface area contributed by atoms with Gasteiger partial charge in [-0.3, -0.25) is 9.59 Å². The molecule has 10 aromatic carbocycles. The van der Waals surface area contributed by atoms with Gasteiger partial charge in [0.05, 0.1) is 33.9 Å². The van der Waals surface area contributed by atoms with Gasteiger partial charge < -0.3 is 20.0 Å². The van der Waals surface area contributed by atoms with Gasteiger partial charge in [-0.2, -0.15) is 46.6 Å². The first kappa shape index (κ1) is 58.0. The second-order valence-corrected chi connectivity index (χ2v) is 21.2. The number of aliphatic carboxylic acids is 2. The second kappa shape index (κ2) is 22.8. The third-order valence-electron chi connectivity index (χ3n) is 15.5. The van der Waals surface area contributed by atoms with Crippen LogP contribution in [0.4, 0.5) is 71.8 Å². The number of carboxylic acid groups (broad SMARTS) is 2. The van der Waals surface area contributed by atoms with Gasteiger partial charge in [-0.25, -0.2) is 9.59 Å². The van der Waals surface area contributed by atoms with Gasteiger partial charge >= 0.3 is 24.3 Å². The highest BCUT2D eigenvalue weighted by Gasteiger charge is 2.73. The molecule has 0 aliphatic carbocycles. The number of benzene rings is 10. The van der Waals surface area contributed by atoms with Crippen LogP contribution in [0.15, 0.2) is 252 Å². The van der Waals surface area contributed by atoms with Crippen molar-refractivity contribution in [1.82, 2.24) is 0 Å². The Morgan fingerprint density at radius 2 is 0.764 bits per heavy atom. The molecule has 0 spiro atoms. The summed E-state index contributed by atoms with van der Waals surface area (Å²) in [5.41, 5.74) is -2.85. The molecular weight excluding hydrogens is 1150 g/mol. The van der Waals surface area contributed by atoms with Gasteiger partial charge in [0, 0.05) is 33.5 Å². The van der Waals surface area contributed by atoms with E-state index in [-0.39, 0.29) is 44.1 Å². The Hall–Kier alpha value is -11.4. The highest BCUT2D eigenvalue weighted by atomic mass is 19.4. The summed E-state index contributed by atoms with van der Waals surface area (Å²) < 4.78 is 101. The molecule has 0 aromatic heterocycles. The monoisotopic (exact) mass is 1190 g/mol. The third kappa shape index (κ3) is 10.4. The van der Waals surface area contributed by atoms with Crippen molar-refractivity contribution >= 4 is 114 Å². The van der Waals surface area contributed by atoms with Crippen LogP contribution in [0.25, 0.3) is 33.7 Å². The molecule has 0 fully saturated rings. The highest BCUT2D eigenvalue weighted by Crippen LogP contribution is 2.60. The van der Waals surface area contributed by atoms with Crippen LogP contribution in [0.2, 0.25) is 0 Å². The number of alkyl halides is 6. The summed E-state index contributed by atoms with van der Waals surface area (Å²) >= 11 is 0. The fraction of sp³-hybridized carbons (Fsp3) is 0.0704. The predicted octanol–water partition coefficient (Wildman–Crippen LogP) is 16.7. The van der Waals surface area contributed by atoms with Crippen molar-refractivity contribution in [3.05, 3.63) is 275 Å². The van der Waals surface area contributed by atoms with Gasteiger partial charge in [0.25, 0.3) is 11.8 Å². The van der Waals surface area contributed by atoms with Crippen LogP contribution >= 0.6 is 0 Å². The zero-order valence-electron chi connectivity index (χ0n) is 47.1. The van der Waals surface area contributed by atoms with Crippen molar-refractivity contribution in [1.29, 1.82) is 0 Å². The van der Waals surface area contributed by atoms with E-state index in [0.29, 0.717) is 45.3 Å². The molecule has 0 saturated heterocycles. The standard InChI is InChI=1S/C71H48F6N6O6/c1-43-15-13-21-51(39-43)80(47-31-27-45(28-32-47)41-57-63(67(86)87)78-82(65(57)84)49-17-5-3-6-18-49)61-37-35-59(53-23-9-11-25-55(53)61)69(70(72,73)74,71(75,76)77)60-36-38-62(56-26-12-10-24-54(56)60)81(52-22-14-16-44(2)40-52)48-33-29-46(30-34-48)42-58-64(68(88)89)79-83(66(58)85)50-19-7-4-8-20-50/h3-42H,1-2H3,(H,86,87)(H,88,89)/b57-41-,58-42-. The zero-order chi connectivity index (χ0) is 62.5. The number of hydrogen-bond donors (Lipinski definition) is 2. The number of nitrogens with zero attached hydrogens (tertiary/aromatic N) is 6. The lowest BCUT2D eigenvalue weighted by atomic mass is 9.69. The Labute approximate surface area is 504 Å². The molecule has 2 aliphatic heterocycles. The summed E-state index contributed by atoms with van der Waals surface area (Å²) in [6.07, 6.45) is -9.31. The molecule has 89 heavy (non-hydrogen) atoms. The van der Waals surface area contributed by atoms with Gasteiger partial charge in [0.1, 0.15) is 0 Å². The van der Waals surface area contributed by atoms with Crippen molar-refractivity contribution in [3.63, 3.8) is 0 Å². The molecule has 440 valence electrons. The summed E-state index contributed by atoms with van der Waals surface area (Å²) in [6.45, 7) is 3.66. The molecule has 0 atom stereocenters. The van der Waals surface area contributed by atoms with E-state index in [9.17, 15) is 29.4 Å². The van der Waals surface area contributed by atoms with Crippen molar-refractivity contribution in [2.75, 3.05) is 19.8 Å². The van der Waals surface area contributed by atoms with Crippen LogP contribution in [0.5, 0.6) is 0 Å². The van der Waals surface area contributed by atoms with E-state index in [1.165, 1.54) is 72.8 Å². The molecular formula is C71H48F6N6O6. The van der Waals surface area contributed by atoms with Gasteiger partial charge in [-0.1, -0.05) is 146 Å². The van der Waals surface area contributed by atoms with E-state index >= 15 is 26.3 Å². The number of aryl methyl sites for hydroxylation is 2. The number of hydrogen-bond acceptors (Lipinski definition) is 8. The minimum atomic E-state index is -6.03. The first-order valence-corrected chi connectivity index (χ1v) is 27.7. The molecule has 2 amide bonds. The molecule has 0 unspecified atom stereocenters. The molecule has 0 radical (unpaired) electrons. The number of fused-ring (bicyclic) bond motifs is 2. The Bertz CT molecular complexity index is 4330. The quantitative estimate of drug-likeness (QED) is 0.0808. The van der Waals surface area contributed by atoms with Gasteiger partial charge in [-0.15, -0.1) is 0 Å². The number of para-hydroxylation sites is 2. The van der Waals surface area contributed by atoms with E-state index in [1.807, 2.05) is 38.1 Å². The third-order valence-corrected chi connectivity index (χ3v) is 15.5. The summed E-state index contributed by atoms with van der Waals surface area (Å²) in [4.78, 5) is 55.5. The summed E-state index contributed by atoms with van der Waals surface area (Å²) in [7, 11) is 0. The Morgan fingerprint density at radius 1 is 0.416 bits per heavy atom. The number of halogens is 6. The van der Waals surface area contributed by atoms with Crippen LogP contribution in [0, 0.1) is 13.8 Å². The molecule has 2 N–H and O–H groups in total. The summed E-state index contributed by atoms with van der Waals surface area (Å²) in [5.74, 6) is -4.23. The SMILES string of the molecule is Cc1cccc(N(c2ccc(/C=C3\C(=O)N(c4ccccc4)N=C3C(=O)O)cc2)c2ccc(C(c3ccc(N(c4ccc(/C=C5\C(=O)N(c6ccccc6)N=C5C(=O)O)cc4)c4cccc(C)c4)c4ccccc34)(C(F)(F)F)C(F)(F)F)c3ccccc23)c1. The average molecular weight is 1200 g/mol. The number of rotatable bonds is 14. The fourth-order valence-electron chi connectivity index (χ4n) is 11.6. The average Bonchev–Trinajstić information content (AvgIpc) is 1.28. The summed E-state index contributed by atoms with van der Waals surface area (Å²) in [6, 6.07) is 59.4. The molecule has 2 aliphatic rings. The maximum atomic E-state index is 16.9. The number of anilines is 8. The Kier molecular flexibility index (Phi) is 14.9. The van der Waals surface area contributed by atoms with Gasteiger partial charge in [0.15, 0.2) is 11.4 Å². The summed E-state index contributed by atoms with van der Waals surface area (Å²) in [5, 5.41) is 29.7. The lowest BCUT2D eigenvalue weighted by molar-refractivity contribution is -0.287. The molecule has 0 bridgehead atoms. The predicted molar refractivity (Wildman–Crippen MR) is 334 cm³/mol. The minimum Gasteiger partial charge on any atom is -0.476 e. The van der Waals surface area contributed by atoms with E-state index in [4.69, 9.17) is 0 Å². The maximum Gasteiger partial charge on any atom is 0.411 e. The van der Waals surface area contributed by atoms with E-state index in [1.54, 1.807) is 143 Å². The van der Waals surface area contributed by atoms with Crippen molar-refractivity contribution in [2.24, 2.45) is 10.2 Å². The van der Waals surface area contributed by atoms with Crippen LogP contribution < -0.4 is 19.8 Å². The molecule has 2 heterocycles. The van der Waals surface area contributed by atoms with E-state index < -0.39 is 64.1 Å². The molecule has 0 saturated carbocycles. The maximum absolute atomic E-state index is 16.9. The Morgan fingerprint density at radius 3 is 1.10 bits per heavy atom. The van der Waals surface area contributed by atoms with Gasteiger partial charge in [-0.05, 0) is 155 Å². The van der Waals surface area contributed by atoms with Crippen LogP contribution in [0.1, 0.15) is 33.4 Å². The second-order valence-electron chi connectivity index (χ2n) is 21.2. The number of carbonyl (C=O) groups excluding carboxylic acids is 2. The highest BCUT2D eigenvalue weighted by molar-refractivity contribution is 6.54. The van der Waals surface area contributed by atoms with E-state index in [0.717, 1.165) is 33.3 Å². The van der Waals surface area contributed by atoms with Crippen LogP contribution in [-0.4, -0.2) is 57.7 Å². The molecule has 12 nitrogen and oxygen atoms in total. The smallest absolute Gasteiger partial charge is 0.411 e. The zero-order valence-corrected chi connectivity index (χ0v) is 47.1. The van der Waals surface area contributed by atoms with E-state index in [2.05, 4.69) is 10.2 Å². The van der Waals surface area contributed by atoms with Crippen molar-refractivity contribution < 1.29 is 55.7 Å². The normalized spacial score (nSPS) is 14.7. The van der Waals surface area contributed by atoms with Crippen LogP contribution in [0.3, 0.4) is 0 Å². The first-order chi connectivity index (χ1) is 42.7. The Balaban J connectivity index is 0.979. The van der Waals surface area contributed by atoms with Gasteiger partial charge in [0.2, 0.25) is 5.41 Å². The largest absolute Gasteiger partial charge is 0.476 e. The minimum absolute atomic E-state index is 0.0402. The molecule has 10 aromatic rings. The topological polar surface area (TPSA) is 146 Å². The van der Waals surface area contributed by atoms with Crippen LogP contribution in [-0.2, 0) is 24.6 Å². The first-order valence-electron chi connectivity index (χ1n) is 27.7. The van der Waals surface area contributed by atoms with Crippen molar-refractivity contribution in [2.45, 2.75) is 31.6 Å². The number of hydrazone groups is 2. The lowest BCUT2D eigenvalue weighted by Gasteiger charge is -2.40. The fourth-order valence-corrected chi connectivity index (χ4v) is 11.6.